The van der Waals surface area contributed by atoms with E-state index in [0.717, 1.165) is 0 Å². The minimum atomic E-state index is -0.379. The Morgan fingerprint density at radius 2 is 2.44 bits per heavy atom. The molecule has 1 fully saturated rings. The highest BCUT2D eigenvalue weighted by Gasteiger charge is 2.31. The van der Waals surface area contributed by atoms with Gasteiger partial charge in [-0.15, -0.1) is 0 Å². The average Bonchev–Trinajstić information content (AvgIpc) is 2.39. The lowest BCUT2D eigenvalue weighted by Gasteiger charge is -2.37. The standard InChI is InChI=1S/C12H16N2O4/c1-8-7-18-9(6-15)5-14(8)12(17)11-10(16)3-2-4-13-11/h2-4,8-9,15-16H,5-7H2,1H3. The summed E-state index contributed by atoms with van der Waals surface area (Å²) in [6.07, 6.45) is 1.08. The van der Waals surface area contributed by atoms with Crippen LogP contribution in [0, 0.1) is 0 Å². The number of hydrogen-bond acceptors (Lipinski definition) is 5. The van der Waals surface area contributed by atoms with Crippen LogP contribution in [0.25, 0.3) is 0 Å². The topological polar surface area (TPSA) is 82.9 Å². The predicted molar refractivity (Wildman–Crippen MR) is 63.2 cm³/mol. The van der Waals surface area contributed by atoms with Crippen LogP contribution in [0.15, 0.2) is 18.3 Å². The fourth-order valence-corrected chi connectivity index (χ4v) is 1.91. The number of rotatable bonds is 2. The number of pyridine rings is 1. The molecule has 2 rings (SSSR count). The first kappa shape index (κ1) is 12.8. The Morgan fingerprint density at radius 3 is 3.11 bits per heavy atom. The summed E-state index contributed by atoms with van der Waals surface area (Å²) in [5.74, 6) is -0.482. The van der Waals surface area contributed by atoms with Crippen molar-refractivity contribution in [2.24, 2.45) is 0 Å². The summed E-state index contributed by atoms with van der Waals surface area (Å²) in [6, 6.07) is 2.88. The highest BCUT2D eigenvalue weighted by molar-refractivity contribution is 5.95. The largest absolute Gasteiger partial charge is 0.505 e. The number of morpholine rings is 1. The maximum absolute atomic E-state index is 12.3. The normalized spacial score (nSPS) is 24.0. The van der Waals surface area contributed by atoms with Gasteiger partial charge in [-0.25, -0.2) is 4.98 Å². The SMILES string of the molecule is CC1COC(CO)CN1C(=O)c1ncccc1O. The molecule has 0 saturated carbocycles. The maximum Gasteiger partial charge on any atom is 0.276 e. The Labute approximate surface area is 105 Å². The summed E-state index contributed by atoms with van der Waals surface area (Å²) in [5.41, 5.74) is 0.0305. The van der Waals surface area contributed by atoms with Gasteiger partial charge in [-0.05, 0) is 19.1 Å². The molecule has 1 aromatic rings. The van der Waals surface area contributed by atoms with E-state index in [4.69, 9.17) is 9.84 Å². The predicted octanol–water partition coefficient (Wildman–Crippen LogP) is 0.00900. The number of aliphatic hydroxyl groups excluding tert-OH is 1. The Kier molecular flexibility index (Phi) is 3.78. The zero-order valence-corrected chi connectivity index (χ0v) is 10.1. The third-order valence-corrected chi connectivity index (χ3v) is 2.96. The van der Waals surface area contributed by atoms with Crippen LogP contribution in [0.5, 0.6) is 5.75 Å². The summed E-state index contributed by atoms with van der Waals surface area (Å²) in [5, 5.41) is 18.7. The second-order valence-electron chi connectivity index (χ2n) is 4.32. The monoisotopic (exact) mass is 252 g/mol. The zero-order valence-electron chi connectivity index (χ0n) is 10.1. The molecule has 2 N–H and O–H groups in total. The molecule has 6 nitrogen and oxygen atoms in total. The smallest absolute Gasteiger partial charge is 0.276 e. The van der Waals surface area contributed by atoms with E-state index in [2.05, 4.69) is 4.98 Å². The van der Waals surface area contributed by atoms with Gasteiger partial charge in [0.2, 0.25) is 0 Å². The molecule has 1 saturated heterocycles. The summed E-state index contributed by atoms with van der Waals surface area (Å²) in [6.45, 7) is 2.38. The third kappa shape index (κ3) is 2.44. The van der Waals surface area contributed by atoms with Crippen molar-refractivity contribution >= 4 is 5.91 Å². The van der Waals surface area contributed by atoms with Gasteiger partial charge in [0.05, 0.1) is 25.4 Å². The van der Waals surface area contributed by atoms with Gasteiger partial charge in [-0.2, -0.15) is 0 Å². The Hall–Kier alpha value is -1.66. The maximum atomic E-state index is 12.3. The van der Waals surface area contributed by atoms with Gasteiger partial charge in [0.25, 0.3) is 5.91 Å². The number of hydrogen-bond donors (Lipinski definition) is 2. The van der Waals surface area contributed by atoms with Crippen LogP contribution < -0.4 is 0 Å². The van der Waals surface area contributed by atoms with E-state index in [1.165, 1.54) is 12.3 Å². The van der Waals surface area contributed by atoms with Crippen molar-refractivity contribution in [1.29, 1.82) is 0 Å². The van der Waals surface area contributed by atoms with E-state index >= 15 is 0 Å². The number of aromatic hydroxyl groups is 1. The fraction of sp³-hybridized carbons (Fsp3) is 0.500. The van der Waals surface area contributed by atoms with Crippen LogP contribution in [-0.4, -0.2) is 57.9 Å². The molecule has 0 spiro atoms. The van der Waals surface area contributed by atoms with E-state index in [1.807, 2.05) is 6.92 Å². The van der Waals surface area contributed by atoms with E-state index in [0.29, 0.717) is 13.2 Å². The van der Waals surface area contributed by atoms with E-state index < -0.39 is 0 Å². The van der Waals surface area contributed by atoms with Crippen LogP contribution in [-0.2, 0) is 4.74 Å². The number of ether oxygens (including phenoxy) is 1. The Morgan fingerprint density at radius 1 is 1.67 bits per heavy atom. The van der Waals surface area contributed by atoms with Crippen molar-refractivity contribution in [3.63, 3.8) is 0 Å². The van der Waals surface area contributed by atoms with Gasteiger partial charge in [0.1, 0.15) is 5.75 Å². The minimum Gasteiger partial charge on any atom is -0.505 e. The fourth-order valence-electron chi connectivity index (χ4n) is 1.91. The van der Waals surface area contributed by atoms with E-state index in [1.54, 1.807) is 11.0 Å². The molecule has 2 atom stereocenters. The van der Waals surface area contributed by atoms with Crippen LogP contribution in [0.4, 0.5) is 0 Å². The quantitative estimate of drug-likeness (QED) is 0.774. The summed E-state index contributed by atoms with van der Waals surface area (Å²) in [4.78, 5) is 17.7. The van der Waals surface area contributed by atoms with Crippen LogP contribution in [0.2, 0.25) is 0 Å². The molecule has 1 aliphatic rings. The number of aromatic nitrogens is 1. The molecule has 6 heteroatoms. The highest BCUT2D eigenvalue weighted by Crippen LogP contribution is 2.19. The van der Waals surface area contributed by atoms with Gasteiger partial charge in [-0.1, -0.05) is 0 Å². The van der Waals surface area contributed by atoms with Crippen LogP contribution in [0.1, 0.15) is 17.4 Å². The molecule has 0 aromatic carbocycles. The molecule has 2 unspecified atom stereocenters. The van der Waals surface area contributed by atoms with Crippen molar-refractivity contribution in [3.8, 4) is 5.75 Å². The van der Waals surface area contributed by atoms with Crippen LogP contribution >= 0.6 is 0 Å². The van der Waals surface area contributed by atoms with Crippen molar-refractivity contribution in [1.82, 2.24) is 9.88 Å². The van der Waals surface area contributed by atoms with E-state index in [9.17, 15) is 9.90 Å². The van der Waals surface area contributed by atoms with Gasteiger partial charge in [0.15, 0.2) is 5.69 Å². The number of amides is 1. The first-order valence-electron chi connectivity index (χ1n) is 5.81. The first-order valence-corrected chi connectivity index (χ1v) is 5.81. The minimum absolute atomic E-state index is 0.0305. The molecule has 18 heavy (non-hydrogen) atoms. The van der Waals surface area contributed by atoms with Crippen LogP contribution in [0.3, 0.4) is 0 Å². The lowest BCUT2D eigenvalue weighted by Crippen LogP contribution is -2.52. The second kappa shape index (κ2) is 5.32. The molecule has 1 aromatic heterocycles. The van der Waals surface area contributed by atoms with Crippen molar-refractivity contribution < 1.29 is 19.7 Å². The van der Waals surface area contributed by atoms with Crippen molar-refractivity contribution in [2.45, 2.75) is 19.1 Å². The highest BCUT2D eigenvalue weighted by atomic mass is 16.5. The van der Waals surface area contributed by atoms with Gasteiger partial charge < -0.3 is 19.8 Å². The van der Waals surface area contributed by atoms with Gasteiger partial charge in [0, 0.05) is 12.7 Å². The second-order valence-corrected chi connectivity index (χ2v) is 4.32. The number of carbonyl (C=O) groups excluding carboxylic acids is 1. The molecular formula is C12H16N2O4. The van der Waals surface area contributed by atoms with Crippen molar-refractivity contribution in [2.75, 3.05) is 19.8 Å². The van der Waals surface area contributed by atoms with Gasteiger partial charge >= 0.3 is 0 Å². The third-order valence-electron chi connectivity index (χ3n) is 2.96. The molecule has 1 aliphatic heterocycles. The molecular weight excluding hydrogens is 236 g/mol. The molecule has 0 aliphatic carbocycles. The van der Waals surface area contributed by atoms with E-state index in [-0.39, 0.29) is 36.1 Å². The Balaban J connectivity index is 2.19. The van der Waals surface area contributed by atoms with Crippen molar-refractivity contribution in [3.05, 3.63) is 24.0 Å². The Bertz CT molecular complexity index is 438. The summed E-state index contributed by atoms with van der Waals surface area (Å²) < 4.78 is 5.36. The molecule has 98 valence electrons. The lowest BCUT2D eigenvalue weighted by atomic mass is 10.1. The average molecular weight is 252 g/mol. The first-order chi connectivity index (χ1) is 8.63. The molecule has 0 radical (unpaired) electrons. The molecule has 2 heterocycles. The number of carbonyl (C=O) groups is 1. The zero-order chi connectivity index (χ0) is 13.1. The molecule has 1 amide bonds. The number of nitrogens with zero attached hydrogens (tertiary/aromatic N) is 2. The molecule has 0 bridgehead atoms. The summed E-state index contributed by atoms with van der Waals surface area (Å²) in [7, 11) is 0. The summed E-state index contributed by atoms with van der Waals surface area (Å²) >= 11 is 0. The van der Waals surface area contributed by atoms with Gasteiger partial charge in [-0.3, -0.25) is 4.79 Å². The number of aliphatic hydroxyl groups is 1. The lowest BCUT2D eigenvalue weighted by molar-refractivity contribution is -0.0669.